The predicted octanol–water partition coefficient (Wildman–Crippen LogP) is 2.41. The monoisotopic (exact) mass is 390 g/mol. The average molecular weight is 391 g/mol. The van der Waals surface area contributed by atoms with Gasteiger partial charge in [-0.3, -0.25) is 4.79 Å². The Morgan fingerprint density at radius 1 is 1.43 bits per heavy atom. The second-order valence-corrected chi connectivity index (χ2v) is 8.92. The summed E-state index contributed by atoms with van der Waals surface area (Å²) in [5.41, 5.74) is 6.43. The summed E-state index contributed by atoms with van der Waals surface area (Å²) in [5.74, 6) is -0.329. The molecule has 114 valence electrons. The standard InChI is InChI=1S/C13H15BrN2O3S2/c1-2-21(18,19)6-5-16-13(17)12-11(15)9-7-8(14)3-4-10(9)20-12/h3-4,7H,2,5-6,15H2,1H3,(H,16,17). The molecule has 0 radical (unpaired) electrons. The van der Waals surface area contributed by atoms with Gasteiger partial charge in [-0.25, -0.2) is 8.42 Å². The number of nitrogens with one attached hydrogen (secondary N) is 1. The van der Waals surface area contributed by atoms with Gasteiger partial charge in [0.05, 0.1) is 11.4 Å². The number of carbonyl (C=O) groups excluding carboxylic acids is 1. The zero-order valence-corrected chi connectivity index (χ0v) is 14.6. The van der Waals surface area contributed by atoms with Gasteiger partial charge in [-0.1, -0.05) is 22.9 Å². The number of fused-ring (bicyclic) bond motifs is 1. The van der Waals surface area contributed by atoms with Crippen LogP contribution in [0.3, 0.4) is 0 Å². The van der Waals surface area contributed by atoms with Gasteiger partial charge in [0, 0.05) is 26.9 Å². The number of hydrogen-bond donors (Lipinski definition) is 2. The third-order valence-electron chi connectivity index (χ3n) is 3.03. The van der Waals surface area contributed by atoms with E-state index in [4.69, 9.17) is 5.73 Å². The van der Waals surface area contributed by atoms with Gasteiger partial charge in [0.2, 0.25) is 0 Å². The largest absolute Gasteiger partial charge is 0.397 e. The summed E-state index contributed by atoms with van der Waals surface area (Å²) >= 11 is 4.66. The molecule has 21 heavy (non-hydrogen) atoms. The second kappa shape index (κ2) is 6.33. The Bertz CT molecular complexity index is 784. The maximum Gasteiger partial charge on any atom is 0.263 e. The van der Waals surface area contributed by atoms with E-state index in [9.17, 15) is 13.2 Å². The van der Waals surface area contributed by atoms with Gasteiger partial charge >= 0.3 is 0 Å². The van der Waals surface area contributed by atoms with Crippen LogP contribution in [0.4, 0.5) is 5.69 Å². The summed E-state index contributed by atoms with van der Waals surface area (Å²) in [6, 6.07) is 5.63. The Kier molecular flexibility index (Phi) is 4.90. The first-order valence-corrected chi connectivity index (χ1v) is 9.73. The molecule has 5 nitrogen and oxygen atoms in total. The van der Waals surface area contributed by atoms with E-state index in [1.165, 1.54) is 11.3 Å². The maximum absolute atomic E-state index is 12.1. The number of thiophene rings is 1. The molecular formula is C13H15BrN2O3S2. The van der Waals surface area contributed by atoms with E-state index in [1.807, 2.05) is 18.2 Å². The summed E-state index contributed by atoms with van der Waals surface area (Å²) in [6.45, 7) is 1.67. The van der Waals surface area contributed by atoms with Crippen LogP contribution < -0.4 is 11.1 Å². The van der Waals surface area contributed by atoms with Crippen LogP contribution in [-0.2, 0) is 9.84 Å². The minimum Gasteiger partial charge on any atom is -0.397 e. The molecule has 2 rings (SSSR count). The Hall–Kier alpha value is -1.12. The number of amides is 1. The molecule has 1 heterocycles. The Morgan fingerprint density at radius 2 is 2.14 bits per heavy atom. The first-order valence-electron chi connectivity index (χ1n) is 6.30. The van der Waals surface area contributed by atoms with Crippen molar-refractivity contribution >= 4 is 58.8 Å². The van der Waals surface area contributed by atoms with E-state index < -0.39 is 9.84 Å². The number of anilines is 1. The number of sulfone groups is 1. The molecule has 0 saturated carbocycles. The van der Waals surface area contributed by atoms with Gasteiger partial charge < -0.3 is 11.1 Å². The fourth-order valence-corrected chi connectivity index (χ4v) is 3.88. The van der Waals surface area contributed by atoms with Crippen LogP contribution in [-0.4, -0.2) is 32.4 Å². The number of halogens is 1. The average Bonchev–Trinajstić information content (AvgIpc) is 2.76. The lowest BCUT2D eigenvalue weighted by Gasteiger charge is -2.04. The molecule has 8 heteroatoms. The van der Waals surface area contributed by atoms with Crippen molar-refractivity contribution in [2.75, 3.05) is 23.8 Å². The van der Waals surface area contributed by atoms with Crippen LogP contribution in [0.1, 0.15) is 16.6 Å². The summed E-state index contributed by atoms with van der Waals surface area (Å²) < 4.78 is 24.6. The molecule has 3 N–H and O–H groups in total. The molecule has 0 aliphatic rings. The zero-order chi connectivity index (χ0) is 15.6. The maximum atomic E-state index is 12.1. The first kappa shape index (κ1) is 16.3. The Labute approximate surface area is 135 Å². The highest BCUT2D eigenvalue weighted by Gasteiger charge is 2.17. The minimum absolute atomic E-state index is 0.0639. The number of benzene rings is 1. The van der Waals surface area contributed by atoms with E-state index in [2.05, 4.69) is 21.2 Å². The predicted molar refractivity (Wildman–Crippen MR) is 90.6 cm³/mol. The van der Waals surface area contributed by atoms with Gasteiger partial charge in [-0.2, -0.15) is 0 Å². The van der Waals surface area contributed by atoms with Crippen LogP contribution in [0.15, 0.2) is 22.7 Å². The summed E-state index contributed by atoms with van der Waals surface area (Å²) in [5, 5.41) is 3.43. The minimum atomic E-state index is -3.09. The highest BCUT2D eigenvalue weighted by molar-refractivity contribution is 9.10. The molecule has 1 amide bonds. The van der Waals surface area contributed by atoms with Gasteiger partial charge in [-0.15, -0.1) is 11.3 Å². The Balaban J connectivity index is 2.15. The van der Waals surface area contributed by atoms with E-state index >= 15 is 0 Å². The molecule has 2 aromatic rings. The molecule has 1 aromatic carbocycles. The number of carbonyl (C=O) groups is 1. The third-order valence-corrected chi connectivity index (χ3v) is 6.42. The normalized spacial score (nSPS) is 11.7. The SMILES string of the molecule is CCS(=O)(=O)CCNC(=O)c1sc2ccc(Br)cc2c1N. The van der Waals surface area contributed by atoms with Crippen molar-refractivity contribution in [2.45, 2.75) is 6.92 Å². The molecule has 0 unspecified atom stereocenters. The van der Waals surface area contributed by atoms with Crippen LogP contribution in [0.25, 0.3) is 10.1 Å². The number of hydrogen-bond acceptors (Lipinski definition) is 5. The van der Waals surface area contributed by atoms with Crippen molar-refractivity contribution in [2.24, 2.45) is 0 Å². The van der Waals surface area contributed by atoms with Gasteiger partial charge in [0.15, 0.2) is 9.84 Å². The van der Waals surface area contributed by atoms with Crippen molar-refractivity contribution in [3.05, 3.63) is 27.5 Å². The smallest absolute Gasteiger partial charge is 0.263 e. The van der Waals surface area contributed by atoms with Crippen molar-refractivity contribution in [3.8, 4) is 0 Å². The quantitative estimate of drug-likeness (QED) is 0.819. The van der Waals surface area contributed by atoms with E-state index in [0.29, 0.717) is 10.6 Å². The fraction of sp³-hybridized carbons (Fsp3) is 0.308. The Morgan fingerprint density at radius 3 is 2.81 bits per heavy atom. The highest BCUT2D eigenvalue weighted by atomic mass is 79.9. The molecular weight excluding hydrogens is 376 g/mol. The van der Waals surface area contributed by atoms with Gasteiger partial charge in [0.1, 0.15) is 4.88 Å². The molecule has 0 bridgehead atoms. The van der Waals surface area contributed by atoms with Crippen molar-refractivity contribution < 1.29 is 13.2 Å². The zero-order valence-electron chi connectivity index (χ0n) is 11.3. The number of rotatable bonds is 5. The fourth-order valence-electron chi connectivity index (χ4n) is 1.80. The summed E-state index contributed by atoms with van der Waals surface area (Å²) in [4.78, 5) is 12.5. The van der Waals surface area contributed by atoms with E-state index in [1.54, 1.807) is 6.92 Å². The first-order chi connectivity index (χ1) is 9.84. The van der Waals surface area contributed by atoms with E-state index in [-0.39, 0.29) is 24.0 Å². The summed E-state index contributed by atoms with van der Waals surface area (Å²) in [7, 11) is -3.09. The number of nitrogens with two attached hydrogens (primary N) is 1. The molecule has 0 aliphatic carbocycles. The van der Waals surface area contributed by atoms with Gasteiger partial charge in [0.25, 0.3) is 5.91 Å². The van der Waals surface area contributed by atoms with Crippen LogP contribution in [0.2, 0.25) is 0 Å². The summed E-state index contributed by atoms with van der Waals surface area (Å²) in [6.07, 6.45) is 0. The lowest BCUT2D eigenvalue weighted by atomic mass is 10.2. The van der Waals surface area contributed by atoms with Crippen LogP contribution in [0.5, 0.6) is 0 Å². The van der Waals surface area contributed by atoms with Crippen molar-refractivity contribution in [3.63, 3.8) is 0 Å². The lowest BCUT2D eigenvalue weighted by molar-refractivity contribution is 0.0961. The lowest BCUT2D eigenvalue weighted by Crippen LogP contribution is -2.29. The van der Waals surface area contributed by atoms with Gasteiger partial charge in [-0.05, 0) is 18.2 Å². The number of nitrogen functional groups attached to an aromatic ring is 1. The second-order valence-electron chi connectivity index (χ2n) is 4.48. The third kappa shape index (κ3) is 3.75. The molecule has 1 aromatic heterocycles. The van der Waals surface area contributed by atoms with Crippen LogP contribution in [0, 0.1) is 0 Å². The molecule has 0 saturated heterocycles. The highest BCUT2D eigenvalue weighted by Crippen LogP contribution is 2.35. The van der Waals surface area contributed by atoms with E-state index in [0.717, 1.165) is 14.6 Å². The van der Waals surface area contributed by atoms with Crippen molar-refractivity contribution in [1.82, 2.24) is 5.32 Å². The molecule has 0 atom stereocenters. The molecule has 0 aliphatic heterocycles. The van der Waals surface area contributed by atoms with Crippen LogP contribution >= 0.6 is 27.3 Å². The topological polar surface area (TPSA) is 89.3 Å². The molecule has 0 spiro atoms. The van der Waals surface area contributed by atoms with Crippen molar-refractivity contribution in [1.29, 1.82) is 0 Å². The molecule has 0 fully saturated rings.